The summed E-state index contributed by atoms with van der Waals surface area (Å²) in [6, 6.07) is 0.347. The second-order valence-electron chi connectivity index (χ2n) is 15.3. The number of ether oxygens (including phenoxy) is 12. The van der Waals surface area contributed by atoms with Gasteiger partial charge in [0.15, 0.2) is 6.29 Å². The molecule has 2 amide bonds. The molecule has 0 saturated carbocycles. The Balaban J connectivity index is -0.000000238. The van der Waals surface area contributed by atoms with Gasteiger partial charge in [-0.2, -0.15) is 0 Å². The van der Waals surface area contributed by atoms with E-state index >= 15 is 0 Å². The maximum Gasteiger partial charge on any atom is 0.302 e. The zero-order valence-corrected chi connectivity index (χ0v) is 46.2. The average molecular weight is 1040 g/mol. The Kier molecular flexibility index (Phi) is 69.1. The van der Waals surface area contributed by atoms with Crippen molar-refractivity contribution in [3.8, 4) is 0 Å². The molecule has 3 saturated heterocycles. The maximum absolute atomic E-state index is 10.9. The monoisotopic (exact) mass is 1040 g/mol. The molecule has 0 aromatic heterocycles. The number of esters is 4. The number of carbonyl (C=O) groups is 6. The van der Waals surface area contributed by atoms with Crippen molar-refractivity contribution < 1.29 is 85.6 Å². The van der Waals surface area contributed by atoms with Gasteiger partial charge in [-0.1, -0.05) is 38.2 Å². The van der Waals surface area contributed by atoms with Gasteiger partial charge in [0.2, 0.25) is 11.8 Å². The first-order chi connectivity index (χ1) is 34.6. The van der Waals surface area contributed by atoms with Crippen LogP contribution in [0.2, 0.25) is 0 Å². The smallest absolute Gasteiger partial charge is 0.302 e. The summed E-state index contributed by atoms with van der Waals surface area (Å²) >= 11 is 0. The van der Waals surface area contributed by atoms with Crippen LogP contribution in [-0.2, 0) is 85.6 Å². The Bertz CT molecular complexity index is 1200. The van der Waals surface area contributed by atoms with Gasteiger partial charge in [0.05, 0.1) is 51.7 Å². The summed E-state index contributed by atoms with van der Waals surface area (Å²) in [6.45, 7) is 22.1. The van der Waals surface area contributed by atoms with Crippen LogP contribution in [0.5, 0.6) is 0 Å². The van der Waals surface area contributed by atoms with E-state index in [1.807, 2.05) is 20.8 Å². The fourth-order valence-electron chi connectivity index (χ4n) is 5.17. The molecule has 3 aliphatic rings. The fourth-order valence-corrected chi connectivity index (χ4v) is 5.17. The molecule has 3 fully saturated rings. The van der Waals surface area contributed by atoms with Crippen LogP contribution in [-0.4, -0.2) is 182 Å². The van der Waals surface area contributed by atoms with Crippen LogP contribution in [0.1, 0.15) is 139 Å². The number of methoxy groups -OCH3 is 4. The molecule has 0 aromatic rings. The number of amides is 2. The third-order valence-electron chi connectivity index (χ3n) is 8.69. The predicted molar refractivity (Wildman–Crippen MR) is 272 cm³/mol. The van der Waals surface area contributed by atoms with Crippen molar-refractivity contribution in [2.45, 2.75) is 157 Å². The van der Waals surface area contributed by atoms with E-state index in [1.165, 1.54) is 59.8 Å². The molecule has 0 radical (unpaired) electrons. The summed E-state index contributed by atoms with van der Waals surface area (Å²) in [6.07, 6.45) is 13.7. The molecule has 3 aliphatic heterocycles. The molecule has 0 spiro atoms. The number of carbonyl (C=O) groups excluding carboxylic acids is 6. The third-order valence-corrected chi connectivity index (χ3v) is 8.69. The Labute approximate surface area is 431 Å². The fraction of sp³-hybridized carbons (Fsp3) is 0.878. The first-order valence-electron chi connectivity index (χ1n) is 25.1. The third kappa shape index (κ3) is 74.8. The summed E-state index contributed by atoms with van der Waals surface area (Å²) in [7, 11) is 6.24. The van der Waals surface area contributed by atoms with Crippen LogP contribution in [0.4, 0.5) is 0 Å². The van der Waals surface area contributed by atoms with E-state index in [-0.39, 0.29) is 54.1 Å². The van der Waals surface area contributed by atoms with Crippen LogP contribution in [0.3, 0.4) is 0 Å². The summed E-state index contributed by atoms with van der Waals surface area (Å²) in [4.78, 5) is 64.7. The van der Waals surface area contributed by atoms with Gasteiger partial charge in [0.1, 0.15) is 26.4 Å². The molecule has 3 unspecified atom stereocenters. The van der Waals surface area contributed by atoms with Crippen LogP contribution >= 0.6 is 0 Å². The van der Waals surface area contributed by atoms with Gasteiger partial charge in [-0.05, 0) is 70.7 Å². The van der Waals surface area contributed by atoms with E-state index in [2.05, 4.69) is 65.5 Å². The van der Waals surface area contributed by atoms with E-state index < -0.39 is 0 Å². The number of nitrogens with zero attached hydrogens (tertiary/aromatic N) is 3. The highest BCUT2D eigenvalue weighted by Crippen LogP contribution is 2.13. The van der Waals surface area contributed by atoms with E-state index in [1.54, 1.807) is 28.4 Å². The lowest BCUT2D eigenvalue weighted by molar-refractivity contribution is -0.159. The molecule has 426 valence electrons. The molecule has 0 aliphatic carbocycles. The first-order valence-corrected chi connectivity index (χ1v) is 25.1. The highest BCUT2D eigenvalue weighted by molar-refractivity contribution is 5.76. The SMILES string of the molecule is CCC(=O)NC1CCCOC1.CCCCCCC(=O)NCC.CCOC1CCCCO1.COCCOC(C)=O.COCCOC(C)=O.COCCOC(C)=O.COCCOC(C)=O.[N-]=[N+]=NC1CCCOC1. The van der Waals surface area contributed by atoms with Gasteiger partial charge in [0.25, 0.3) is 0 Å². The number of unbranched alkanes of at least 4 members (excludes halogenated alkanes) is 3. The van der Waals surface area contributed by atoms with Crippen molar-refractivity contribution in [1.29, 1.82) is 0 Å². The van der Waals surface area contributed by atoms with Crippen molar-refractivity contribution >= 4 is 35.7 Å². The van der Waals surface area contributed by atoms with Crippen molar-refractivity contribution in [2.24, 2.45) is 5.11 Å². The molecule has 0 aromatic carbocycles. The molecule has 3 rings (SSSR count). The second kappa shape index (κ2) is 64.8. The highest BCUT2D eigenvalue weighted by Gasteiger charge is 2.15. The van der Waals surface area contributed by atoms with E-state index in [0.29, 0.717) is 78.9 Å². The average Bonchev–Trinajstić information content (AvgIpc) is 3.36. The van der Waals surface area contributed by atoms with Crippen LogP contribution < -0.4 is 10.6 Å². The van der Waals surface area contributed by atoms with Crippen LogP contribution in [0, 0.1) is 0 Å². The summed E-state index contributed by atoms with van der Waals surface area (Å²) in [5.41, 5.74) is 8.02. The largest absolute Gasteiger partial charge is 0.463 e. The predicted octanol–water partition coefficient (Wildman–Crippen LogP) is 6.59. The van der Waals surface area contributed by atoms with Gasteiger partial charge in [-0.3, -0.25) is 28.8 Å². The van der Waals surface area contributed by atoms with Gasteiger partial charge in [-0.25, -0.2) is 0 Å². The highest BCUT2D eigenvalue weighted by atomic mass is 16.7. The quantitative estimate of drug-likeness (QED) is 0.0272. The standard InChI is InChI=1S/C9H19NO.C8H15NO2.C7H14O2.C5H9N3O.4C5H10O3/c1-3-5-6-7-8-9(11)10-4-2;1-2-8(10)9-7-4-3-5-11-6-7;1-2-8-7-5-3-4-6-9-7;6-8-7-5-2-1-3-9-4-5;4*1-5(6)8-4-3-7-2/h3-8H2,1-2H3,(H,10,11);7H,2-6H2,1H3,(H,9,10);7H,2-6H2,1H3;5H,1-4H2;4*3-4H2,1-2H3. The lowest BCUT2D eigenvalue weighted by atomic mass is 10.1. The molecule has 23 heteroatoms. The minimum absolute atomic E-state index is 0.0868. The van der Waals surface area contributed by atoms with Crippen LogP contribution in [0.25, 0.3) is 10.4 Å². The maximum atomic E-state index is 10.9. The Morgan fingerprint density at radius 3 is 1.40 bits per heavy atom. The molecule has 72 heavy (non-hydrogen) atoms. The van der Waals surface area contributed by atoms with Gasteiger partial charge < -0.3 is 67.5 Å². The minimum atomic E-state index is -0.262. The molecule has 3 heterocycles. The number of hydrogen-bond donors (Lipinski definition) is 2. The van der Waals surface area contributed by atoms with Crippen molar-refractivity contribution in [1.82, 2.24) is 10.6 Å². The normalized spacial score (nSPS) is 16.0. The lowest BCUT2D eigenvalue weighted by Gasteiger charge is -2.22. The summed E-state index contributed by atoms with van der Waals surface area (Å²) in [5.74, 6) is -0.725. The zero-order chi connectivity index (χ0) is 55.3. The number of nitrogens with one attached hydrogen (secondary N) is 2. The molecule has 2 N–H and O–H groups in total. The van der Waals surface area contributed by atoms with Gasteiger partial charge >= 0.3 is 23.9 Å². The van der Waals surface area contributed by atoms with Crippen molar-refractivity contribution in [3.63, 3.8) is 0 Å². The molecular formula is C49H97N5O18. The number of hydrogen-bond acceptors (Lipinski definition) is 19. The minimum Gasteiger partial charge on any atom is -0.463 e. The Morgan fingerprint density at radius 1 is 0.583 bits per heavy atom. The Hall–Kier alpha value is -4.19. The zero-order valence-electron chi connectivity index (χ0n) is 46.2. The van der Waals surface area contributed by atoms with Crippen molar-refractivity contribution in [3.05, 3.63) is 10.4 Å². The molecular weight excluding hydrogens is 947 g/mol. The topological polar surface area (TPSA) is 286 Å². The lowest BCUT2D eigenvalue weighted by Crippen LogP contribution is -2.40. The first kappa shape index (κ1) is 76.7. The van der Waals surface area contributed by atoms with Gasteiger partial charge in [-0.15, -0.1) is 0 Å². The Morgan fingerprint density at radius 2 is 1.07 bits per heavy atom. The second-order valence-corrected chi connectivity index (χ2v) is 15.3. The summed E-state index contributed by atoms with van der Waals surface area (Å²) in [5, 5.41) is 9.23. The van der Waals surface area contributed by atoms with Crippen molar-refractivity contribution in [2.75, 3.05) is 127 Å². The van der Waals surface area contributed by atoms with E-state index in [4.69, 9.17) is 24.5 Å². The van der Waals surface area contributed by atoms with Crippen LogP contribution in [0.15, 0.2) is 5.11 Å². The molecule has 23 nitrogen and oxygen atoms in total. The molecule has 0 bridgehead atoms. The molecule has 3 atom stereocenters. The van der Waals surface area contributed by atoms with E-state index in [9.17, 15) is 28.8 Å². The number of azide groups is 1. The summed E-state index contributed by atoms with van der Waals surface area (Å²) < 4.78 is 57.4. The van der Waals surface area contributed by atoms with Gasteiger partial charge in [0, 0.05) is 107 Å². The number of rotatable bonds is 23. The van der Waals surface area contributed by atoms with E-state index in [0.717, 1.165) is 71.5 Å².